The Morgan fingerprint density at radius 2 is 2.22 bits per heavy atom. The van der Waals surface area contributed by atoms with E-state index in [1.807, 2.05) is 5.38 Å². The fourth-order valence-electron chi connectivity index (χ4n) is 2.70. The molecule has 0 spiro atoms. The van der Waals surface area contributed by atoms with Crippen molar-refractivity contribution >= 4 is 22.4 Å². The van der Waals surface area contributed by atoms with Gasteiger partial charge < -0.3 is 5.32 Å². The molecule has 1 heterocycles. The Labute approximate surface area is 113 Å². The van der Waals surface area contributed by atoms with Crippen LogP contribution in [0.3, 0.4) is 0 Å². The predicted molar refractivity (Wildman–Crippen MR) is 75.7 cm³/mol. The van der Waals surface area contributed by atoms with Crippen LogP contribution in [0.2, 0.25) is 0 Å². The zero-order valence-electron chi connectivity index (χ0n) is 11.0. The van der Waals surface area contributed by atoms with Crippen molar-refractivity contribution in [3.05, 3.63) is 11.6 Å². The lowest BCUT2D eigenvalue weighted by molar-refractivity contribution is -0.121. The number of thiazole rings is 1. The van der Waals surface area contributed by atoms with Crippen LogP contribution in [0.1, 0.15) is 51.9 Å². The molecular formula is C14H22N2OS. The summed E-state index contributed by atoms with van der Waals surface area (Å²) < 4.78 is 0. The highest BCUT2D eigenvalue weighted by atomic mass is 32.1. The van der Waals surface area contributed by atoms with Gasteiger partial charge in [0.15, 0.2) is 5.13 Å². The van der Waals surface area contributed by atoms with Crippen molar-refractivity contribution in [2.45, 2.75) is 51.9 Å². The Morgan fingerprint density at radius 3 is 2.83 bits per heavy atom. The van der Waals surface area contributed by atoms with E-state index in [2.05, 4.69) is 17.2 Å². The maximum Gasteiger partial charge on any atom is 0.229 e. The molecule has 0 aliphatic heterocycles. The topological polar surface area (TPSA) is 42.0 Å². The third kappa shape index (κ3) is 3.80. The van der Waals surface area contributed by atoms with E-state index in [-0.39, 0.29) is 11.8 Å². The van der Waals surface area contributed by atoms with Crippen LogP contribution in [-0.4, -0.2) is 10.9 Å². The van der Waals surface area contributed by atoms with E-state index in [0.717, 1.165) is 23.9 Å². The number of anilines is 1. The van der Waals surface area contributed by atoms with Gasteiger partial charge in [-0.2, -0.15) is 0 Å². The van der Waals surface area contributed by atoms with Crippen LogP contribution in [0.25, 0.3) is 0 Å². The highest BCUT2D eigenvalue weighted by molar-refractivity contribution is 7.13. The van der Waals surface area contributed by atoms with Crippen LogP contribution < -0.4 is 5.32 Å². The normalized spacial score (nSPS) is 23.8. The number of nitrogens with one attached hydrogen (secondary N) is 1. The third-order valence-corrected chi connectivity index (χ3v) is 4.53. The minimum atomic E-state index is 0.166. The number of unbranched alkanes of at least 4 members (excludes halogenated alkanes) is 1. The van der Waals surface area contributed by atoms with Gasteiger partial charge in [-0.3, -0.25) is 4.79 Å². The summed E-state index contributed by atoms with van der Waals surface area (Å²) in [6, 6.07) is 0. The molecule has 0 aromatic carbocycles. The van der Waals surface area contributed by atoms with Crippen molar-refractivity contribution in [3.8, 4) is 0 Å². The summed E-state index contributed by atoms with van der Waals surface area (Å²) in [5, 5.41) is 5.53. The molecule has 0 bridgehead atoms. The maximum absolute atomic E-state index is 12.0. The first-order valence-corrected chi connectivity index (χ1v) is 7.88. The second-order valence-electron chi connectivity index (χ2n) is 5.19. The van der Waals surface area contributed by atoms with E-state index >= 15 is 0 Å². The largest absolute Gasteiger partial charge is 0.302 e. The highest BCUT2D eigenvalue weighted by Gasteiger charge is 2.26. The summed E-state index contributed by atoms with van der Waals surface area (Å²) in [4.78, 5) is 16.1. The lowest BCUT2D eigenvalue weighted by Crippen LogP contribution is -2.27. The molecular weight excluding hydrogens is 244 g/mol. The van der Waals surface area contributed by atoms with Crippen molar-refractivity contribution in [1.82, 2.24) is 4.98 Å². The predicted octanol–water partition coefficient (Wildman–Crippen LogP) is 4.08. The summed E-state index contributed by atoms with van der Waals surface area (Å²) in [6.45, 7) is 2.24. The molecule has 100 valence electrons. The number of aromatic nitrogens is 1. The molecule has 18 heavy (non-hydrogen) atoms. The van der Waals surface area contributed by atoms with Gasteiger partial charge in [-0.25, -0.2) is 4.98 Å². The Hall–Kier alpha value is -0.900. The van der Waals surface area contributed by atoms with Crippen molar-refractivity contribution in [3.63, 3.8) is 0 Å². The summed E-state index contributed by atoms with van der Waals surface area (Å²) in [7, 11) is 0. The molecule has 0 unspecified atom stereocenters. The summed E-state index contributed by atoms with van der Waals surface area (Å²) in [6.07, 6.45) is 10.2. The molecule has 1 saturated carbocycles. The van der Waals surface area contributed by atoms with Crippen LogP contribution in [0.15, 0.2) is 11.6 Å². The maximum atomic E-state index is 12.0. The standard InChI is InChI=1S/C14H22N2OS/c1-2-3-4-11-5-7-12(8-6-11)13(17)16-14-15-9-10-18-14/h9-12H,2-8H2,1H3,(H,15,16,17). The Morgan fingerprint density at radius 1 is 1.44 bits per heavy atom. The number of carbonyl (C=O) groups excluding carboxylic acids is 1. The van der Waals surface area contributed by atoms with E-state index in [1.165, 1.54) is 43.4 Å². The highest BCUT2D eigenvalue weighted by Crippen LogP contribution is 2.32. The van der Waals surface area contributed by atoms with Crippen molar-refractivity contribution in [1.29, 1.82) is 0 Å². The van der Waals surface area contributed by atoms with Crippen LogP contribution in [0.4, 0.5) is 5.13 Å². The third-order valence-electron chi connectivity index (χ3n) is 3.85. The molecule has 1 aliphatic carbocycles. The number of hydrogen-bond donors (Lipinski definition) is 1. The number of nitrogens with zero attached hydrogens (tertiary/aromatic N) is 1. The molecule has 3 nitrogen and oxygen atoms in total. The van der Waals surface area contributed by atoms with E-state index < -0.39 is 0 Å². The zero-order chi connectivity index (χ0) is 12.8. The number of amides is 1. The van der Waals surface area contributed by atoms with Gasteiger partial charge in [0.1, 0.15) is 0 Å². The quantitative estimate of drug-likeness (QED) is 0.872. The molecule has 1 aromatic heterocycles. The Kier molecular flexibility index (Phi) is 5.17. The van der Waals surface area contributed by atoms with Gasteiger partial charge in [0, 0.05) is 17.5 Å². The van der Waals surface area contributed by atoms with Crippen LogP contribution >= 0.6 is 11.3 Å². The molecule has 0 radical (unpaired) electrons. The first-order valence-electron chi connectivity index (χ1n) is 7.00. The average Bonchev–Trinajstić information content (AvgIpc) is 2.89. The summed E-state index contributed by atoms with van der Waals surface area (Å²) in [5.41, 5.74) is 0. The van der Waals surface area contributed by atoms with Crippen molar-refractivity contribution in [2.24, 2.45) is 11.8 Å². The molecule has 1 aromatic rings. The van der Waals surface area contributed by atoms with Crippen LogP contribution in [0.5, 0.6) is 0 Å². The summed E-state index contributed by atoms with van der Waals surface area (Å²) >= 11 is 1.48. The lowest BCUT2D eigenvalue weighted by Gasteiger charge is -2.27. The number of rotatable bonds is 5. The SMILES string of the molecule is CCCCC1CCC(C(=O)Nc2nccs2)CC1. The van der Waals surface area contributed by atoms with Crippen molar-refractivity contribution in [2.75, 3.05) is 5.32 Å². The Balaban J connectivity index is 1.73. The van der Waals surface area contributed by atoms with E-state index in [1.54, 1.807) is 6.20 Å². The first-order chi connectivity index (χ1) is 8.79. The van der Waals surface area contributed by atoms with E-state index in [0.29, 0.717) is 0 Å². The zero-order valence-corrected chi connectivity index (χ0v) is 11.8. The monoisotopic (exact) mass is 266 g/mol. The van der Waals surface area contributed by atoms with Crippen molar-refractivity contribution < 1.29 is 4.79 Å². The fraction of sp³-hybridized carbons (Fsp3) is 0.714. The molecule has 1 amide bonds. The van der Waals surface area contributed by atoms with Gasteiger partial charge in [-0.15, -0.1) is 11.3 Å². The minimum Gasteiger partial charge on any atom is -0.302 e. The number of hydrogen-bond acceptors (Lipinski definition) is 3. The summed E-state index contributed by atoms with van der Waals surface area (Å²) in [5.74, 6) is 1.22. The van der Waals surface area contributed by atoms with Gasteiger partial charge in [0.2, 0.25) is 5.91 Å². The minimum absolute atomic E-state index is 0.166. The van der Waals surface area contributed by atoms with E-state index in [9.17, 15) is 4.79 Å². The molecule has 0 saturated heterocycles. The average molecular weight is 266 g/mol. The lowest BCUT2D eigenvalue weighted by atomic mass is 9.79. The fourth-order valence-corrected chi connectivity index (χ4v) is 3.23. The molecule has 1 aliphatic rings. The molecule has 1 N–H and O–H groups in total. The van der Waals surface area contributed by atoms with Gasteiger partial charge in [-0.05, 0) is 31.6 Å². The first kappa shape index (κ1) is 13.5. The second kappa shape index (κ2) is 6.88. The second-order valence-corrected chi connectivity index (χ2v) is 6.08. The van der Waals surface area contributed by atoms with Gasteiger partial charge >= 0.3 is 0 Å². The molecule has 4 heteroatoms. The smallest absolute Gasteiger partial charge is 0.229 e. The molecule has 0 atom stereocenters. The van der Waals surface area contributed by atoms with E-state index in [4.69, 9.17) is 0 Å². The van der Waals surface area contributed by atoms with Crippen LogP contribution in [-0.2, 0) is 4.79 Å². The Bertz CT molecular complexity index is 356. The molecule has 2 rings (SSSR count). The van der Waals surface area contributed by atoms with Gasteiger partial charge in [0.25, 0.3) is 0 Å². The van der Waals surface area contributed by atoms with Gasteiger partial charge in [0.05, 0.1) is 0 Å². The van der Waals surface area contributed by atoms with Gasteiger partial charge in [-0.1, -0.05) is 26.2 Å². The molecule has 1 fully saturated rings. The number of carbonyl (C=O) groups is 1. The van der Waals surface area contributed by atoms with Crippen LogP contribution in [0, 0.1) is 11.8 Å².